The van der Waals surface area contributed by atoms with Crippen LogP contribution < -0.4 is 0 Å². The standard InChI is InChI=1S/C13H24O2/c1-12(2,3)11-5-4-7-13(11)8-6-10(9-14)15-13/h10-11,14H,4-9H2,1-3H3/t10-,11-,13+/m0/s1. The van der Waals surface area contributed by atoms with Crippen molar-refractivity contribution in [3.05, 3.63) is 0 Å². The van der Waals surface area contributed by atoms with Crippen LogP contribution in [0.15, 0.2) is 0 Å². The highest BCUT2D eigenvalue weighted by Crippen LogP contribution is 2.53. The third-order valence-electron chi connectivity index (χ3n) is 4.27. The fraction of sp³-hybridized carbons (Fsp3) is 1.00. The van der Waals surface area contributed by atoms with Crippen molar-refractivity contribution in [3.8, 4) is 0 Å². The van der Waals surface area contributed by atoms with Crippen molar-refractivity contribution in [2.75, 3.05) is 6.61 Å². The summed E-state index contributed by atoms with van der Waals surface area (Å²) in [5.74, 6) is 0.668. The van der Waals surface area contributed by atoms with E-state index < -0.39 is 0 Å². The summed E-state index contributed by atoms with van der Waals surface area (Å²) in [5, 5.41) is 9.17. The molecule has 0 aromatic heterocycles. The van der Waals surface area contributed by atoms with E-state index in [0.29, 0.717) is 11.3 Å². The Kier molecular flexibility index (Phi) is 2.85. The molecule has 88 valence electrons. The van der Waals surface area contributed by atoms with Gasteiger partial charge in [-0.15, -0.1) is 0 Å². The molecular weight excluding hydrogens is 188 g/mol. The zero-order valence-electron chi connectivity index (χ0n) is 10.3. The molecule has 0 aromatic rings. The maximum atomic E-state index is 9.17. The molecule has 1 heterocycles. The van der Waals surface area contributed by atoms with Crippen molar-refractivity contribution >= 4 is 0 Å². The van der Waals surface area contributed by atoms with Gasteiger partial charge < -0.3 is 9.84 Å². The van der Waals surface area contributed by atoms with Gasteiger partial charge in [0.05, 0.1) is 18.3 Å². The molecule has 2 nitrogen and oxygen atoms in total. The van der Waals surface area contributed by atoms with E-state index in [2.05, 4.69) is 20.8 Å². The monoisotopic (exact) mass is 212 g/mol. The number of rotatable bonds is 1. The molecule has 0 aromatic carbocycles. The van der Waals surface area contributed by atoms with Gasteiger partial charge in [0.15, 0.2) is 0 Å². The largest absolute Gasteiger partial charge is 0.394 e. The second-order valence-electron chi connectivity index (χ2n) is 6.34. The molecular formula is C13H24O2. The highest BCUT2D eigenvalue weighted by Gasteiger charge is 2.52. The van der Waals surface area contributed by atoms with Crippen LogP contribution in [0.4, 0.5) is 0 Å². The van der Waals surface area contributed by atoms with Gasteiger partial charge in [0.25, 0.3) is 0 Å². The number of aliphatic hydroxyl groups excluding tert-OH is 1. The zero-order chi connectivity index (χ0) is 11.1. The Labute approximate surface area is 93.0 Å². The Morgan fingerprint density at radius 1 is 1.27 bits per heavy atom. The van der Waals surface area contributed by atoms with E-state index in [0.717, 1.165) is 12.8 Å². The lowest BCUT2D eigenvalue weighted by Crippen LogP contribution is -2.40. The summed E-state index contributed by atoms with van der Waals surface area (Å²) in [6.45, 7) is 7.15. The van der Waals surface area contributed by atoms with Crippen molar-refractivity contribution < 1.29 is 9.84 Å². The molecule has 0 radical (unpaired) electrons. The quantitative estimate of drug-likeness (QED) is 0.724. The average molecular weight is 212 g/mol. The lowest BCUT2D eigenvalue weighted by molar-refractivity contribution is -0.103. The molecule has 1 N–H and O–H groups in total. The molecule has 2 heteroatoms. The van der Waals surface area contributed by atoms with E-state index in [4.69, 9.17) is 4.74 Å². The number of ether oxygens (including phenoxy) is 1. The van der Waals surface area contributed by atoms with E-state index in [9.17, 15) is 5.11 Å². The van der Waals surface area contributed by atoms with Crippen LogP contribution in [0.25, 0.3) is 0 Å². The lowest BCUT2D eigenvalue weighted by Gasteiger charge is -2.40. The van der Waals surface area contributed by atoms with Gasteiger partial charge in [0.2, 0.25) is 0 Å². The molecule has 0 amide bonds. The molecule has 2 rings (SSSR count). The molecule has 3 atom stereocenters. The Morgan fingerprint density at radius 3 is 2.53 bits per heavy atom. The van der Waals surface area contributed by atoms with Crippen LogP contribution in [0.2, 0.25) is 0 Å². The van der Waals surface area contributed by atoms with Crippen LogP contribution in [-0.2, 0) is 4.74 Å². The second kappa shape index (κ2) is 3.74. The Bertz CT molecular complexity index is 231. The van der Waals surface area contributed by atoms with Crippen LogP contribution in [0.5, 0.6) is 0 Å². The van der Waals surface area contributed by atoms with Gasteiger partial charge in [-0.2, -0.15) is 0 Å². The maximum absolute atomic E-state index is 9.17. The van der Waals surface area contributed by atoms with Gasteiger partial charge >= 0.3 is 0 Å². The first-order valence-corrected chi connectivity index (χ1v) is 6.27. The SMILES string of the molecule is CC(C)(C)[C@@H]1CCC[C@@]12CC[C@@H](CO)O2. The van der Waals surface area contributed by atoms with E-state index in [1.807, 2.05) is 0 Å². The van der Waals surface area contributed by atoms with Crippen LogP contribution in [0, 0.1) is 11.3 Å². The lowest BCUT2D eigenvalue weighted by atomic mass is 9.71. The summed E-state index contributed by atoms with van der Waals surface area (Å²) >= 11 is 0. The normalized spacial score (nSPS) is 41.6. The van der Waals surface area contributed by atoms with Crippen LogP contribution >= 0.6 is 0 Å². The molecule has 2 aliphatic rings. The van der Waals surface area contributed by atoms with Crippen molar-refractivity contribution in [3.63, 3.8) is 0 Å². The summed E-state index contributed by atoms with van der Waals surface area (Å²) in [6, 6.07) is 0. The predicted octanol–water partition coefficient (Wildman–Crippen LogP) is 2.74. The molecule has 1 spiro atoms. The zero-order valence-corrected chi connectivity index (χ0v) is 10.3. The van der Waals surface area contributed by atoms with Gasteiger partial charge in [-0.1, -0.05) is 27.2 Å². The first-order valence-electron chi connectivity index (χ1n) is 6.27. The second-order valence-corrected chi connectivity index (χ2v) is 6.34. The molecule has 1 aliphatic heterocycles. The van der Waals surface area contributed by atoms with Gasteiger partial charge in [0.1, 0.15) is 0 Å². The molecule has 1 aliphatic carbocycles. The Hall–Kier alpha value is -0.0800. The van der Waals surface area contributed by atoms with Crippen LogP contribution in [0.1, 0.15) is 52.9 Å². The van der Waals surface area contributed by atoms with Gasteiger partial charge in [0, 0.05) is 0 Å². The summed E-state index contributed by atoms with van der Waals surface area (Å²) < 4.78 is 6.15. The Morgan fingerprint density at radius 2 is 2.00 bits per heavy atom. The smallest absolute Gasteiger partial charge is 0.0814 e. The minimum absolute atomic E-state index is 0.103. The third-order valence-corrected chi connectivity index (χ3v) is 4.27. The van der Waals surface area contributed by atoms with Crippen LogP contribution in [0.3, 0.4) is 0 Å². The molecule has 15 heavy (non-hydrogen) atoms. The topological polar surface area (TPSA) is 29.5 Å². The number of aliphatic hydroxyl groups is 1. The van der Waals surface area contributed by atoms with E-state index in [1.54, 1.807) is 0 Å². The Balaban J connectivity index is 2.14. The molecule has 0 bridgehead atoms. The summed E-state index contributed by atoms with van der Waals surface area (Å²) in [4.78, 5) is 0. The van der Waals surface area contributed by atoms with Gasteiger partial charge in [-0.25, -0.2) is 0 Å². The summed E-state index contributed by atoms with van der Waals surface area (Å²) in [5.41, 5.74) is 0.437. The minimum Gasteiger partial charge on any atom is -0.394 e. The first kappa shape index (κ1) is 11.4. The summed E-state index contributed by atoms with van der Waals surface area (Å²) in [6.07, 6.45) is 6.09. The van der Waals surface area contributed by atoms with Crippen LogP contribution in [-0.4, -0.2) is 23.4 Å². The minimum atomic E-state index is 0.103. The van der Waals surface area contributed by atoms with E-state index in [1.165, 1.54) is 19.3 Å². The maximum Gasteiger partial charge on any atom is 0.0814 e. The predicted molar refractivity (Wildman–Crippen MR) is 60.7 cm³/mol. The fourth-order valence-electron chi connectivity index (χ4n) is 3.69. The van der Waals surface area contributed by atoms with Crippen molar-refractivity contribution in [2.24, 2.45) is 11.3 Å². The third kappa shape index (κ3) is 1.94. The summed E-state index contributed by atoms with van der Waals surface area (Å²) in [7, 11) is 0. The molecule has 0 unspecified atom stereocenters. The molecule has 1 saturated carbocycles. The molecule has 1 saturated heterocycles. The fourth-order valence-corrected chi connectivity index (χ4v) is 3.69. The van der Waals surface area contributed by atoms with Gasteiger partial charge in [-0.05, 0) is 37.0 Å². The average Bonchev–Trinajstić information content (AvgIpc) is 2.73. The van der Waals surface area contributed by atoms with E-state index >= 15 is 0 Å². The number of hydrogen-bond donors (Lipinski definition) is 1. The van der Waals surface area contributed by atoms with Crippen molar-refractivity contribution in [1.82, 2.24) is 0 Å². The highest BCUT2D eigenvalue weighted by molar-refractivity contribution is 5.02. The first-order chi connectivity index (χ1) is 6.98. The molecule has 2 fully saturated rings. The highest BCUT2D eigenvalue weighted by atomic mass is 16.5. The number of hydrogen-bond acceptors (Lipinski definition) is 2. The van der Waals surface area contributed by atoms with Gasteiger partial charge in [-0.3, -0.25) is 0 Å². The van der Waals surface area contributed by atoms with Crippen molar-refractivity contribution in [2.45, 2.75) is 64.6 Å². The van der Waals surface area contributed by atoms with E-state index in [-0.39, 0.29) is 18.3 Å². The van der Waals surface area contributed by atoms with Crippen molar-refractivity contribution in [1.29, 1.82) is 0 Å².